The first-order chi connectivity index (χ1) is 46.7. The number of primary amides is 2. The lowest BCUT2D eigenvalue weighted by Crippen LogP contribution is -2.62. The van der Waals surface area contributed by atoms with E-state index in [9.17, 15) is 72.2 Å². The highest BCUT2D eigenvalue weighted by molar-refractivity contribution is 6.00. The predicted octanol–water partition coefficient (Wildman–Crippen LogP) is -4.73. The lowest BCUT2D eigenvalue weighted by Gasteiger charge is -2.31. The van der Waals surface area contributed by atoms with Gasteiger partial charge in [0.05, 0.1) is 19.7 Å². The molecule has 34 heteroatoms. The van der Waals surface area contributed by atoms with Gasteiger partial charge in [0.15, 0.2) is 5.96 Å². The molecule has 34 nitrogen and oxygen atoms in total. The van der Waals surface area contributed by atoms with E-state index in [4.69, 9.17) is 34.4 Å². The van der Waals surface area contributed by atoms with Crippen molar-refractivity contribution in [1.82, 2.24) is 63.4 Å². The fourth-order valence-electron chi connectivity index (χ4n) is 10.7. The highest BCUT2D eigenvalue weighted by Gasteiger charge is 2.41. The number of carbonyl (C=O) groups excluding carboxylic acids is 14. The first kappa shape index (κ1) is 86.0. The van der Waals surface area contributed by atoms with Gasteiger partial charge in [0.25, 0.3) is 0 Å². The highest BCUT2D eigenvalue weighted by atomic mass is 16.3. The van der Waals surface area contributed by atoms with Gasteiger partial charge in [-0.15, -0.1) is 0 Å². The molecule has 1 fully saturated rings. The highest BCUT2D eigenvalue weighted by Crippen LogP contribution is 2.22. The number of hydrogen-bond donors (Lipinski definition) is 18. The van der Waals surface area contributed by atoms with Crippen molar-refractivity contribution in [1.29, 1.82) is 0 Å². The summed E-state index contributed by atoms with van der Waals surface area (Å²) in [6.07, 6.45) is 1.52. The van der Waals surface area contributed by atoms with Gasteiger partial charge >= 0.3 is 0 Å². The molecule has 0 aliphatic carbocycles. The number of likely N-dealkylation sites (tertiary alicyclic amines) is 1. The largest absolute Gasteiger partial charge is 0.394 e. The average Bonchev–Trinajstić information content (AvgIpc) is 1.78. The molecule has 0 radical (unpaired) electrons. The molecule has 1 heterocycles. The maximum Gasteiger partial charge on any atom is 0.245 e. The van der Waals surface area contributed by atoms with Gasteiger partial charge in [0, 0.05) is 25.9 Å². The van der Waals surface area contributed by atoms with E-state index in [1.807, 2.05) is 13.8 Å². The number of aliphatic hydroxyl groups excluding tert-OH is 1. The Kier molecular flexibility index (Phi) is 38.9. The molecule has 0 aromatic heterocycles. The summed E-state index contributed by atoms with van der Waals surface area (Å²) in [6.45, 7) is 14.1. The molecule has 24 N–H and O–H groups in total. The molecule has 0 bridgehead atoms. The normalized spacial score (nSPS) is 16.3. The Hall–Kier alpha value is -9.05. The van der Waals surface area contributed by atoms with Crippen LogP contribution >= 0.6 is 0 Å². The second-order valence-electron chi connectivity index (χ2n) is 25.9. The van der Waals surface area contributed by atoms with Crippen LogP contribution in [0.3, 0.4) is 0 Å². The number of hydrogen-bond acceptors (Lipinski definition) is 18. The lowest BCUT2D eigenvalue weighted by molar-refractivity contribution is -0.142. The minimum Gasteiger partial charge on any atom is -0.394 e. The second kappa shape index (κ2) is 44.8. The summed E-state index contributed by atoms with van der Waals surface area (Å²) in [5.74, 6) is -12.9. The number of aliphatic imine (C=N–C) groups is 1. The van der Waals surface area contributed by atoms with E-state index in [1.165, 1.54) is 11.8 Å². The second-order valence-corrected chi connectivity index (χ2v) is 25.9. The number of benzene rings is 1. The van der Waals surface area contributed by atoms with E-state index in [2.05, 4.69) is 63.5 Å². The summed E-state index contributed by atoms with van der Waals surface area (Å²) >= 11 is 0. The Balaban J connectivity index is 2.45. The van der Waals surface area contributed by atoms with Gasteiger partial charge in [-0.1, -0.05) is 98.6 Å². The van der Waals surface area contributed by atoms with E-state index in [1.54, 1.807) is 71.9 Å². The van der Waals surface area contributed by atoms with Gasteiger partial charge in [0.2, 0.25) is 82.7 Å². The van der Waals surface area contributed by atoms with E-state index in [-0.39, 0.29) is 102 Å². The third kappa shape index (κ3) is 31.1. The predicted molar refractivity (Wildman–Crippen MR) is 367 cm³/mol. The quantitative estimate of drug-likeness (QED) is 0.0166. The molecule has 1 aromatic rings. The van der Waals surface area contributed by atoms with Gasteiger partial charge in [0.1, 0.15) is 66.5 Å². The maximum absolute atomic E-state index is 14.7. The van der Waals surface area contributed by atoms with Crippen molar-refractivity contribution < 1.29 is 72.2 Å². The zero-order valence-corrected chi connectivity index (χ0v) is 58.7. The van der Waals surface area contributed by atoms with E-state index < -0.39 is 174 Å². The van der Waals surface area contributed by atoms with Crippen molar-refractivity contribution in [2.45, 2.75) is 219 Å². The Morgan fingerprint density at radius 1 is 0.535 bits per heavy atom. The van der Waals surface area contributed by atoms with Crippen LogP contribution in [0.1, 0.15) is 151 Å². The zero-order chi connectivity index (χ0) is 74.6. The number of nitrogens with one attached hydrogen (secondary N) is 11. The summed E-state index contributed by atoms with van der Waals surface area (Å²) < 4.78 is 0. The molecule has 1 aliphatic heterocycles. The molecule has 99 heavy (non-hydrogen) atoms. The minimum absolute atomic E-state index is 0.00427. The van der Waals surface area contributed by atoms with E-state index in [0.717, 1.165) is 0 Å². The van der Waals surface area contributed by atoms with Crippen molar-refractivity contribution >= 4 is 88.7 Å². The number of amides is 14. The molecular weight excluding hydrogens is 1290 g/mol. The van der Waals surface area contributed by atoms with E-state index in [0.29, 0.717) is 37.7 Å². The fourth-order valence-corrected chi connectivity index (χ4v) is 10.7. The van der Waals surface area contributed by atoms with Crippen LogP contribution < -0.4 is 92.9 Å². The van der Waals surface area contributed by atoms with Gasteiger partial charge in [-0.3, -0.25) is 72.1 Å². The zero-order valence-electron chi connectivity index (χ0n) is 58.7. The van der Waals surface area contributed by atoms with Gasteiger partial charge < -0.3 is 103 Å². The lowest BCUT2D eigenvalue weighted by atomic mass is 9.96. The number of unbranched alkanes of at least 4 members (excludes halogenated alkanes) is 1. The Morgan fingerprint density at radius 3 is 1.53 bits per heavy atom. The van der Waals surface area contributed by atoms with Crippen LogP contribution in [0.15, 0.2) is 35.3 Å². The van der Waals surface area contributed by atoms with Crippen molar-refractivity contribution in [3.8, 4) is 0 Å². The average molecular weight is 1400 g/mol. The van der Waals surface area contributed by atoms with Crippen LogP contribution in [-0.4, -0.2) is 204 Å². The molecule has 0 spiro atoms. The first-order valence-corrected chi connectivity index (χ1v) is 34.0. The van der Waals surface area contributed by atoms with Crippen LogP contribution in [0.2, 0.25) is 0 Å². The summed E-state index contributed by atoms with van der Waals surface area (Å²) in [7, 11) is 0. The SMILES string of the molecule is CC[C@H](C)[C@H](NC(=O)[C@H](CC(C)C)NC(=O)[C@H](C)NC(=O)[C@@H]1CCCN1C(=O)[C@H](CC(C)C)NC(=O)CN)C(=O)N[C@@H](CO)C(=O)N[C@@H](Cc1ccccc1)C(=O)N[C@H](C(=O)N[C@@H](CCCCN)C(=O)N[C@@H](CCCN=C(N)N)C(=O)N[C@@H](CCC(N)=O)C(=O)NCC(N)=O)[C@@H](C)CC. The third-order valence-corrected chi connectivity index (χ3v) is 16.7. The molecule has 0 unspecified atom stereocenters. The molecule has 14 amide bonds. The monoisotopic (exact) mass is 1400 g/mol. The topological polar surface area (TPSA) is 563 Å². The van der Waals surface area contributed by atoms with E-state index >= 15 is 0 Å². The van der Waals surface area contributed by atoms with Crippen LogP contribution in [0.4, 0.5) is 0 Å². The van der Waals surface area contributed by atoms with Crippen molar-refractivity contribution in [3.05, 3.63) is 35.9 Å². The summed E-state index contributed by atoms with van der Waals surface area (Å²) in [6, 6.07) is -6.16. The summed E-state index contributed by atoms with van der Waals surface area (Å²) in [4.78, 5) is 196. The molecule has 1 saturated heterocycles. The third-order valence-electron chi connectivity index (χ3n) is 16.7. The van der Waals surface area contributed by atoms with Gasteiger partial charge in [-0.25, -0.2) is 0 Å². The first-order valence-electron chi connectivity index (χ1n) is 34.0. The summed E-state index contributed by atoms with van der Waals surface area (Å²) in [5.41, 5.74) is 33.4. The van der Waals surface area contributed by atoms with Crippen molar-refractivity contribution in [2.75, 3.05) is 39.3 Å². The molecule has 1 aromatic carbocycles. The Bertz CT molecular complexity index is 2900. The minimum atomic E-state index is -1.74. The van der Waals surface area contributed by atoms with Crippen LogP contribution in [0, 0.1) is 23.7 Å². The smallest absolute Gasteiger partial charge is 0.245 e. The molecule has 13 atom stereocenters. The molecule has 556 valence electrons. The molecule has 1 aliphatic rings. The Morgan fingerprint density at radius 2 is 1.02 bits per heavy atom. The molecule has 2 rings (SSSR count). The standard InChI is InChI=1S/C65H111N19O15/c1-10-37(7)52(62(97)78-41(21-15-16-26-66)56(91)76-42(22-17-27-72-65(70)71)57(92)77-43(24-25-49(68)86)55(90)73-33-50(69)87)83-59(94)45(31-40-19-13-12-14-20-40)80-60(95)47(34-85)81-63(98)53(38(8)11-2)82-58(93)44(29-35(3)4)79-54(89)39(9)74-61(96)48-23-18-28-84(48)64(99)46(30-36(5)6)75-51(88)32-67/h12-14,19-20,35-39,41-48,52-53,85H,10-11,15-18,21-34,66-67H2,1-9H3,(H2,68,86)(H2,69,87)(H,73,90)(H,74,96)(H,75,88)(H,76,91)(H,77,92)(H,78,97)(H,79,89)(H,80,95)(H,81,98)(H,82,93)(H,83,94)(H4,70,71,72)/t37-,38-,39-,41-,42-,43-,44-,45-,46-,47-,48-,52-,53-/m0/s1. The number of nitrogens with two attached hydrogens (primary N) is 6. The number of nitrogens with zero attached hydrogens (tertiary/aromatic N) is 2. The number of rotatable bonds is 46. The van der Waals surface area contributed by atoms with Crippen LogP contribution in [-0.2, 0) is 73.5 Å². The van der Waals surface area contributed by atoms with Gasteiger partial charge in [-0.05, 0) is 107 Å². The van der Waals surface area contributed by atoms with Crippen molar-refractivity contribution in [3.63, 3.8) is 0 Å². The number of carbonyl (C=O) groups is 14. The summed E-state index contributed by atoms with van der Waals surface area (Å²) in [5, 5.41) is 39.3. The molecular formula is C65H111N19O15. The number of aliphatic hydroxyl groups is 1. The molecule has 0 saturated carbocycles. The maximum atomic E-state index is 14.7. The van der Waals surface area contributed by atoms with Crippen molar-refractivity contribution in [2.24, 2.45) is 63.1 Å². The van der Waals surface area contributed by atoms with Gasteiger partial charge in [-0.2, -0.15) is 0 Å². The Labute approximate surface area is 579 Å². The number of guanidine groups is 1. The fraction of sp³-hybridized carbons (Fsp3) is 0.677. The van der Waals surface area contributed by atoms with Crippen LogP contribution in [0.5, 0.6) is 0 Å². The van der Waals surface area contributed by atoms with Crippen LogP contribution in [0.25, 0.3) is 0 Å².